The van der Waals surface area contributed by atoms with Crippen LogP contribution < -0.4 is 10.6 Å². The lowest BCUT2D eigenvalue weighted by molar-refractivity contribution is -0.117. The molecule has 0 fully saturated rings. The largest absolute Gasteiger partial charge is 0.326 e. The summed E-state index contributed by atoms with van der Waals surface area (Å²) in [6, 6.07) is 16.9. The number of carbonyl (C=O) groups is 2. The van der Waals surface area contributed by atoms with Gasteiger partial charge < -0.3 is 10.6 Å². The summed E-state index contributed by atoms with van der Waals surface area (Å²) in [7, 11) is 0. The van der Waals surface area contributed by atoms with E-state index in [9.17, 15) is 9.59 Å². The van der Waals surface area contributed by atoms with Gasteiger partial charge in [-0.2, -0.15) is 0 Å². The van der Waals surface area contributed by atoms with Crippen molar-refractivity contribution in [1.82, 2.24) is 0 Å². The third-order valence-electron chi connectivity index (χ3n) is 3.38. The van der Waals surface area contributed by atoms with E-state index in [0.717, 1.165) is 12.0 Å². The molecule has 1 atom stereocenters. The second-order valence-corrected chi connectivity index (χ2v) is 5.12. The molecule has 2 rings (SSSR count). The highest BCUT2D eigenvalue weighted by Crippen LogP contribution is 2.22. The van der Waals surface area contributed by atoms with Crippen molar-refractivity contribution in [3.05, 3.63) is 60.2 Å². The first kappa shape index (κ1) is 15.8. The van der Waals surface area contributed by atoms with Crippen LogP contribution in [-0.4, -0.2) is 11.8 Å². The van der Waals surface area contributed by atoms with Crippen LogP contribution in [0.3, 0.4) is 0 Å². The first-order valence-corrected chi connectivity index (χ1v) is 7.33. The van der Waals surface area contributed by atoms with Crippen molar-refractivity contribution in [2.45, 2.75) is 26.2 Å². The molecule has 2 aromatic rings. The van der Waals surface area contributed by atoms with Gasteiger partial charge in [0, 0.05) is 18.3 Å². The fourth-order valence-corrected chi connectivity index (χ4v) is 2.37. The van der Waals surface area contributed by atoms with Gasteiger partial charge in [-0.15, -0.1) is 0 Å². The molecular weight excluding hydrogens is 276 g/mol. The molecule has 0 spiro atoms. The Morgan fingerprint density at radius 1 is 0.955 bits per heavy atom. The van der Waals surface area contributed by atoms with Crippen LogP contribution in [0.5, 0.6) is 0 Å². The Balaban J connectivity index is 2.12. The number of benzene rings is 2. The Labute approximate surface area is 130 Å². The standard InChI is InChI=1S/C18H20N2O2/c1-3-17(14-8-5-4-6-9-14)18(22)20-16-11-7-10-15(12-16)19-13(2)21/h4-12,17H,3H2,1-2H3,(H,19,21)(H,20,22)/t17-/m1/s1. The molecule has 0 bridgehead atoms. The number of amides is 2. The summed E-state index contributed by atoms with van der Waals surface area (Å²) >= 11 is 0. The second-order valence-electron chi connectivity index (χ2n) is 5.12. The lowest BCUT2D eigenvalue weighted by atomic mass is 9.95. The maximum absolute atomic E-state index is 12.5. The van der Waals surface area contributed by atoms with Crippen LogP contribution in [0, 0.1) is 0 Å². The average Bonchev–Trinajstić information content (AvgIpc) is 2.48. The Morgan fingerprint density at radius 3 is 2.18 bits per heavy atom. The van der Waals surface area contributed by atoms with Crippen molar-refractivity contribution in [2.75, 3.05) is 10.6 Å². The Morgan fingerprint density at radius 2 is 1.59 bits per heavy atom. The molecule has 0 saturated carbocycles. The fraction of sp³-hybridized carbons (Fsp3) is 0.222. The molecule has 0 aliphatic carbocycles. The zero-order valence-electron chi connectivity index (χ0n) is 12.8. The molecule has 4 heteroatoms. The van der Waals surface area contributed by atoms with E-state index in [1.807, 2.05) is 37.3 Å². The van der Waals surface area contributed by atoms with Gasteiger partial charge in [0.1, 0.15) is 0 Å². The highest BCUT2D eigenvalue weighted by molar-refractivity contribution is 5.97. The Kier molecular flexibility index (Phi) is 5.31. The number of nitrogens with one attached hydrogen (secondary N) is 2. The van der Waals surface area contributed by atoms with Crippen LogP contribution in [0.15, 0.2) is 54.6 Å². The maximum atomic E-state index is 12.5. The molecule has 0 heterocycles. The zero-order valence-corrected chi connectivity index (χ0v) is 12.8. The molecule has 0 aromatic heterocycles. The van der Waals surface area contributed by atoms with E-state index < -0.39 is 0 Å². The van der Waals surface area contributed by atoms with Gasteiger partial charge in [0.15, 0.2) is 0 Å². The van der Waals surface area contributed by atoms with Crippen LogP contribution in [-0.2, 0) is 9.59 Å². The molecule has 0 saturated heterocycles. The van der Waals surface area contributed by atoms with Crippen molar-refractivity contribution >= 4 is 23.2 Å². The molecular formula is C18H20N2O2. The van der Waals surface area contributed by atoms with Crippen LogP contribution in [0.2, 0.25) is 0 Å². The molecule has 0 aliphatic heterocycles. The van der Waals surface area contributed by atoms with Gasteiger partial charge in [-0.25, -0.2) is 0 Å². The number of hydrogen-bond donors (Lipinski definition) is 2. The van der Waals surface area contributed by atoms with Gasteiger partial charge in [-0.1, -0.05) is 43.3 Å². The SMILES string of the molecule is CC[C@@H](C(=O)Nc1cccc(NC(C)=O)c1)c1ccccc1. The quantitative estimate of drug-likeness (QED) is 0.882. The van der Waals surface area contributed by atoms with Gasteiger partial charge >= 0.3 is 0 Å². The fourth-order valence-electron chi connectivity index (χ4n) is 2.37. The number of hydrogen-bond acceptors (Lipinski definition) is 2. The van der Waals surface area contributed by atoms with E-state index in [0.29, 0.717) is 11.4 Å². The van der Waals surface area contributed by atoms with Crippen molar-refractivity contribution < 1.29 is 9.59 Å². The number of rotatable bonds is 5. The van der Waals surface area contributed by atoms with Crippen molar-refractivity contribution in [3.8, 4) is 0 Å². The third kappa shape index (κ3) is 4.19. The van der Waals surface area contributed by atoms with Crippen molar-refractivity contribution in [3.63, 3.8) is 0 Å². The van der Waals surface area contributed by atoms with Gasteiger partial charge in [0.25, 0.3) is 0 Å². The molecule has 0 radical (unpaired) electrons. The highest BCUT2D eigenvalue weighted by Gasteiger charge is 2.18. The van der Waals surface area contributed by atoms with Gasteiger partial charge in [-0.3, -0.25) is 9.59 Å². The van der Waals surface area contributed by atoms with Gasteiger partial charge in [0.2, 0.25) is 11.8 Å². The maximum Gasteiger partial charge on any atom is 0.231 e. The predicted octanol–water partition coefficient (Wildman–Crippen LogP) is 3.78. The Bertz CT molecular complexity index is 653. The normalized spacial score (nSPS) is 11.5. The smallest absolute Gasteiger partial charge is 0.231 e. The summed E-state index contributed by atoms with van der Waals surface area (Å²) < 4.78 is 0. The van der Waals surface area contributed by atoms with Crippen LogP contribution in [0.25, 0.3) is 0 Å². The molecule has 2 amide bonds. The predicted molar refractivity (Wildman–Crippen MR) is 88.8 cm³/mol. The first-order valence-electron chi connectivity index (χ1n) is 7.33. The molecule has 22 heavy (non-hydrogen) atoms. The Hall–Kier alpha value is -2.62. The molecule has 114 valence electrons. The average molecular weight is 296 g/mol. The third-order valence-corrected chi connectivity index (χ3v) is 3.38. The molecule has 4 nitrogen and oxygen atoms in total. The topological polar surface area (TPSA) is 58.2 Å². The van der Waals surface area contributed by atoms with Crippen LogP contribution in [0.4, 0.5) is 11.4 Å². The molecule has 0 unspecified atom stereocenters. The summed E-state index contributed by atoms with van der Waals surface area (Å²) in [4.78, 5) is 23.6. The van der Waals surface area contributed by atoms with E-state index in [2.05, 4.69) is 10.6 Å². The minimum Gasteiger partial charge on any atom is -0.326 e. The number of carbonyl (C=O) groups excluding carboxylic acids is 2. The molecule has 2 N–H and O–H groups in total. The van der Waals surface area contributed by atoms with Crippen LogP contribution in [0.1, 0.15) is 31.7 Å². The van der Waals surface area contributed by atoms with Crippen LogP contribution >= 0.6 is 0 Å². The lowest BCUT2D eigenvalue weighted by Crippen LogP contribution is -2.20. The monoisotopic (exact) mass is 296 g/mol. The summed E-state index contributed by atoms with van der Waals surface area (Å²) in [5, 5.41) is 5.62. The van der Waals surface area contributed by atoms with E-state index in [4.69, 9.17) is 0 Å². The summed E-state index contributed by atoms with van der Waals surface area (Å²) in [6.07, 6.45) is 0.723. The first-order chi connectivity index (χ1) is 10.6. The van der Waals surface area contributed by atoms with Crippen molar-refractivity contribution in [1.29, 1.82) is 0 Å². The minimum atomic E-state index is -0.189. The van der Waals surface area contributed by atoms with Crippen molar-refractivity contribution in [2.24, 2.45) is 0 Å². The second kappa shape index (κ2) is 7.41. The van der Waals surface area contributed by atoms with E-state index >= 15 is 0 Å². The molecule has 2 aromatic carbocycles. The summed E-state index contributed by atoms with van der Waals surface area (Å²) in [5.41, 5.74) is 2.34. The minimum absolute atomic E-state index is 0.0475. The van der Waals surface area contributed by atoms with E-state index in [-0.39, 0.29) is 17.7 Å². The number of anilines is 2. The summed E-state index contributed by atoms with van der Waals surface area (Å²) in [5.74, 6) is -0.376. The van der Waals surface area contributed by atoms with E-state index in [1.54, 1.807) is 24.3 Å². The summed E-state index contributed by atoms with van der Waals surface area (Å²) in [6.45, 7) is 3.44. The van der Waals surface area contributed by atoms with E-state index in [1.165, 1.54) is 6.92 Å². The molecule has 0 aliphatic rings. The van der Waals surface area contributed by atoms with Gasteiger partial charge in [-0.05, 0) is 30.2 Å². The zero-order chi connectivity index (χ0) is 15.9. The lowest BCUT2D eigenvalue weighted by Gasteiger charge is -2.16. The highest BCUT2D eigenvalue weighted by atomic mass is 16.2. The van der Waals surface area contributed by atoms with Gasteiger partial charge in [0.05, 0.1) is 5.92 Å².